The summed E-state index contributed by atoms with van der Waals surface area (Å²) < 4.78 is 21.8. The first-order valence-corrected chi connectivity index (χ1v) is 23.4. The van der Waals surface area contributed by atoms with Crippen LogP contribution in [0.4, 0.5) is 0 Å². The fraction of sp³-hybridized carbons (Fsp3) is 0.0333. The van der Waals surface area contributed by atoms with Crippen LogP contribution < -0.4 is 18.9 Å². The maximum Gasteiger partial charge on any atom is 0 e. The van der Waals surface area contributed by atoms with Crippen molar-refractivity contribution in [3.63, 3.8) is 0 Å². The van der Waals surface area contributed by atoms with Crippen LogP contribution in [-0.4, -0.2) is 21.9 Å². The molecule has 0 radical (unpaired) electrons. The summed E-state index contributed by atoms with van der Waals surface area (Å²) in [4.78, 5) is 35.0. The Morgan fingerprint density at radius 2 is 0.786 bits per heavy atom. The second-order valence-corrected chi connectivity index (χ2v) is 13.6. The van der Waals surface area contributed by atoms with Gasteiger partial charge in [0.25, 0.3) is 0 Å². The average Bonchev–Trinajstić information content (AvgIpc) is 3.41. The fourth-order valence-corrected chi connectivity index (χ4v) is 5.89. The number of nitrogens with zero attached hydrogens (tertiary/aromatic N) is 2. The van der Waals surface area contributed by atoms with Gasteiger partial charge in [-0.15, -0.1) is 24.3 Å². The standard InChI is InChI=1S/C60H31N2O6.ClH.Pt.14H2/c1-3-5-7-9-11-13-15-40-65-53-30-24-47(25-31-53)59(63)67-55-34-20-45(21-35-55)51-28-38-57(61-43-51)49-18-17-19-50(42-49)58-39-29-52(44-62-58)46-22-36-56(37-23-46)68-60(64)48-26-32-54(33-27-48)66-41-16-14-12-10-8-6-4-2;;;;;;;;;;;;;;;;/h17-39,43-44H,1-2H3;1H;;14*1H/q-1;;+2;;;;;;;;;;;;;;/p-1. The van der Waals surface area contributed by atoms with Crippen molar-refractivity contribution in [2.45, 2.75) is 13.8 Å². The van der Waals surface area contributed by atoms with Crippen LogP contribution in [0.15, 0.2) is 152 Å². The summed E-state index contributed by atoms with van der Waals surface area (Å²) >= 11 is 1.61. The number of rotatable bonds is 10. The number of carbonyl (C=O) groups excluding carboxylic acids is 2. The molecule has 8 nitrogen and oxygen atoms in total. The Balaban J connectivity index is -0.000000497. The van der Waals surface area contributed by atoms with E-state index in [1.807, 2.05) is 66.7 Å². The van der Waals surface area contributed by atoms with E-state index in [4.69, 9.17) is 28.9 Å². The van der Waals surface area contributed by atoms with Gasteiger partial charge in [0.2, 0.25) is 0 Å². The number of halogens is 1. The van der Waals surface area contributed by atoms with Crippen molar-refractivity contribution in [1.29, 1.82) is 0 Å². The molecule has 7 rings (SSSR count). The summed E-state index contributed by atoms with van der Waals surface area (Å²) in [6.07, 6.45) is 8.53. The molecule has 10 heteroatoms. The van der Waals surface area contributed by atoms with Crippen molar-refractivity contribution in [2.24, 2.45) is 0 Å². The topological polar surface area (TPSA) is 96.8 Å². The second kappa shape index (κ2) is 27.1. The van der Waals surface area contributed by atoms with E-state index in [1.54, 1.807) is 118 Å². The zero-order valence-corrected chi connectivity index (χ0v) is 40.0. The number of esters is 2. The summed E-state index contributed by atoms with van der Waals surface area (Å²) in [6.45, 7) is 3.38. The largest absolute Gasteiger partial charge is 0 e. The molecule has 7 aromatic rings. The van der Waals surface area contributed by atoms with Crippen molar-refractivity contribution >= 4 is 21.4 Å². The number of benzene rings is 5. The molecule has 5 aromatic carbocycles. The van der Waals surface area contributed by atoms with Crippen LogP contribution in [0.2, 0.25) is 0 Å². The minimum Gasteiger partial charge on any atom is 0 e. The van der Waals surface area contributed by atoms with Gasteiger partial charge in [-0.1, -0.05) is 71.5 Å². The van der Waals surface area contributed by atoms with Crippen molar-refractivity contribution < 1.29 is 67.3 Å². The van der Waals surface area contributed by atoms with Crippen LogP contribution in [0.3, 0.4) is 0 Å². The number of carbonyl (C=O) groups is 2. The third kappa shape index (κ3) is 15.2. The first kappa shape index (κ1) is 49.8. The molecule has 70 heavy (non-hydrogen) atoms. The van der Waals surface area contributed by atoms with Gasteiger partial charge in [0.1, 0.15) is 35.2 Å². The molecule has 0 amide bonds. The smallest absolute Gasteiger partial charge is 0 e. The molecule has 0 atom stereocenters. The van der Waals surface area contributed by atoms with Gasteiger partial charge in [-0.3, -0.25) is 9.97 Å². The Hall–Kier alpha value is -9.60. The number of hydrogen-bond acceptors (Lipinski definition) is 8. The quantitative estimate of drug-likeness (QED) is 0.0578. The van der Waals surface area contributed by atoms with E-state index < -0.39 is 11.9 Å². The monoisotopic (exact) mass is 1130 g/mol. The van der Waals surface area contributed by atoms with Gasteiger partial charge in [0, 0.05) is 79.3 Å². The van der Waals surface area contributed by atoms with Crippen LogP contribution >= 0.6 is 9.42 Å². The van der Waals surface area contributed by atoms with E-state index in [9.17, 15) is 9.59 Å². The number of aromatic nitrogens is 2. The van der Waals surface area contributed by atoms with Crippen LogP contribution in [0.25, 0.3) is 44.8 Å². The molecule has 0 aliphatic carbocycles. The van der Waals surface area contributed by atoms with Gasteiger partial charge in [-0.05, 0) is 144 Å². The predicted molar refractivity (Wildman–Crippen MR) is 296 cm³/mol. The SMILES string of the molecule is CC#CC#CC#CC#COc1ccc(C(=O)Oc2ccc(-c3ccc(-c4[c-]c(-c5ccc(-c6ccc(OC(=O)c7ccc(OC#CC#CC#CC#CC)cc7)cc6)cn5)ccc4)nc3)cc2)cc1.[Cl][Pt+].[HH].[HH].[HH].[HH].[HH].[HH].[HH].[HH].[HH].[HH].[HH].[HH].[HH].[HH]. The second-order valence-electron chi connectivity index (χ2n) is 13.6. The van der Waals surface area contributed by atoms with Gasteiger partial charge in [-0.2, -0.15) is 0 Å². The molecular formula is C60H59ClN2O6Pt. The zero-order chi connectivity index (χ0) is 49.2. The Bertz CT molecular complexity index is 3340. The van der Waals surface area contributed by atoms with Crippen molar-refractivity contribution in [3.05, 3.63) is 169 Å². The van der Waals surface area contributed by atoms with Crippen molar-refractivity contribution in [1.82, 2.24) is 9.97 Å². The van der Waals surface area contributed by atoms with E-state index in [-0.39, 0.29) is 20.0 Å². The first-order valence-electron chi connectivity index (χ1n) is 20.6. The molecule has 0 spiro atoms. The van der Waals surface area contributed by atoms with Gasteiger partial charge >= 0.3 is 40.1 Å². The summed E-state index contributed by atoms with van der Waals surface area (Å²) in [5, 5.41) is 0. The maximum atomic E-state index is 12.8. The van der Waals surface area contributed by atoms with Crippen LogP contribution in [0.1, 0.15) is 54.5 Å². The van der Waals surface area contributed by atoms with E-state index in [0.29, 0.717) is 34.1 Å². The van der Waals surface area contributed by atoms with E-state index in [2.05, 4.69) is 111 Å². The van der Waals surface area contributed by atoms with Gasteiger partial charge in [-0.25, -0.2) is 9.59 Å². The number of hydrogen-bond donors (Lipinski definition) is 0. The van der Waals surface area contributed by atoms with E-state index >= 15 is 0 Å². The predicted octanol–water partition coefficient (Wildman–Crippen LogP) is 14.3. The Labute approximate surface area is 442 Å². The molecule has 0 unspecified atom stereocenters. The molecule has 0 fully saturated rings. The van der Waals surface area contributed by atoms with Gasteiger partial charge < -0.3 is 18.9 Å². The van der Waals surface area contributed by atoms with E-state index in [1.165, 1.54) is 0 Å². The molecule has 0 bridgehead atoms. The third-order valence-electron chi connectivity index (χ3n) is 9.17. The van der Waals surface area contributed by atoms with E-state index in [0.717, 1.165) is 44.8 Å². The molecule has 2 aromatic heterocycles. The Morgan fingerprint density at radius 3 is 1.14 bits per heavy atom. The summed E-state index contributed by atoms with van der Waals surface area (Å²) in [6, 6.07) is 44.3. The van der Waals surface area contributed by atoms with Crippen LogP contribution in [0, 0.1) is 101 Å². The molecule has 0 saturated carbocycles. The summed E-state index contributed by atoms with van der Waals surface area (Å²) in [5.74, 6) is 36.6. The Kier molecular flexibility index (Phi) is 19.3. The molecular weight excluding hydrogens is 1080 g/mol. The number of ether oxygens (including phenoxy) is 4. The fourth-order valence-electron chi connectivity index (χ4n) is 5.89. The van der Waals surface area contributed by atoms with Gasteiger partial charge in [0.05, 0.1) is 11.1 Å². The summed E-state index contributed by atoms with van der Waals surface area (Å²) in [5.41, 5.74) is 7.41. The first-order chi connectivity index (χ1) is 34.4. The molecule has 0 aliphatic heterocycles. The molecule has 0 N–H and O–H groups in total. The molecule has 2 heterocycles. The van der Waals surface area contributed by atoms with Gasteiger partial charge in [0.15, 0.2) is 0 Å². The summed E-state index contributed by atoms with van der Waals surface area (Å²) in [7, 11) is 4.61. The Morgan fingerprint density at radius 1 is 0.443 bits per heavy atom. The maximum absolute atomic E-state index is 12.8. The minimum absolute atomic E-state index is 0. The molecule has 0 saturated heterocycles. The normalized spacial score (nSPS) is 8.93. The molecule has 362 valence electrons. The molecule has 0 aliphatic rings. The van der Waals surface area contributed by atoms with Crippen LogP contribution in [-0.2, 0) is 18.8 Å². The average molecular weight is 1130 g/mol. The van der Waals surface area contributed by atoms with Crippen molar-refractivity contribution in [3.8, 4) is 163 Å². The zero-order valence-electron chi connectivity index (χ0n) is 37.0. The third-order valence-corrected chi connectivity index (χ3v) is 9.17. The minimum atomic E-state index is -0.512. The van der Waals surface area contributed by atoms with Crippen molar-refractivity contribution in [2.75, 3.05) is 0 Å². The van der Waals surface area contributed by atoms with Crippen LogP contribution in [0.5, 0.6) is 23.0 Å². The number of pyridine rings is 2.